The van der Waals surface area contributed by atoms with Gasteiger partial charge < -0.3 is 19.9 Å². The van der Waals surface area contributed by atoms with Crippen molar-refractivity contribution in [1.29, 1.82) is 0 Å². The highest BCUT2D eigenvalue weighted by molar-refractivity contribution is 7.80. The number of hydrogen-bond acceptors (Lipinski definition) is 3. The molecular formula is C27H27N3O2S. The summed E-state index contributed by atoms with van der Waals surface area (Å²) < 4.78 is 5.52. The molecule has 0 unspecified atom stereocenters. The Morgan fingerprint density at radius 2 is 1.76 bits per heavy atom. The fourth-order valence-corrected chi connectivity index (χ4v) is 4.01. The number of pyridine rings is 1. The maximum atomic E-state index is 12.9. The van der Waals surface area contributed by atoms with E-state index in [4.69, 9.17) is 17.0 Å². The van der Waals surface area contributed by atoms with Gasteiger partial charge in [0.1, 0.15) is 5.75 Å². The molecule has 0 spiro atoms. The van der Waals surface area contributed by atoms with E-state index in [-0.39, 0.29) is 5.56 Å². The second kappa shape index (κ2) is 10.3. The van der Waals surface area contributed by atoms with Gasteiger partial charge in [-0.25, -0.2) is 0 Å². The fourth-order valence-electron chi connectivity index (χ4n) is 3.76. The smallest absolute Gasteiger partial charge is 0.253 e. The molecule has 3 aromatic carbocycles. The van der Waals surface area contributed by atoms with Crippen LogP contribution in [0.2, 0.25) is 0 Å². The molecule has 5 nitrogen and oxygen atoms in total. The number of nitrogens with zero attached hydrogens (tertiary/aromatic N) is 1. The van der Waals surface area contributed by atoms with Crippen LogP contribution in [0.4, 0.5) is 5.69 Å². The quantitative estimate of drug-likeness (QED) is 0.352. The molecule has 0 saturated heterocycles. The highest BCUT2D eigenvalue weighted by Gasteiger charge is 2.15. The van der Waals surface area contributed by atoms with E-state index in [1.807, 2.05) is 85.5 Å². The van der Waals surface area contributed by atoms with Crippen molar-refractivity contribution in [2.24, 2.45) is 0 Å². The van der Waals surface area contributed by atoms with E-state index >= 15 is 0 Å². The lowest BCUT2D eigenvalue weighted by molar-refractivity contribution is 0.340. The van der Waals surface area contributed by atoms with Crippen molar-refractivity contribution in [2.75, 3.05) is 11.9 Å². The number of nitrogens with one attached hydrogen (secondary N) is 2. The molecule has 33 heavy (non-hydrogen) atoms. The van der Waals surface area contributed by atoms with E-state index in [9.17, 15) is 4.79 Å². The van der Waals surface area contributed by atoms with E-state index in [2.05, 4.69) is 22.4 Å². The van der Waals surface area contributed by atoms with Crippen LogP contribution in [-0.4, -0.2) is 21.6 Å². The Morgan fingerprint density at radius 1 is 1.00 bits per heavy atom. The maximum Gasteiger partial charge on any atom is 0.253 e. The van der Waals surface area contributed by atoms with Gasteiger partial charge in [0, 0.05) is 17.8 Å². The van der Waals surface area contributed by atoms with Crippen molar-refractivity contribution in [1.82, 2.24) is 9.88 Å². The topological polar surface area (TPSA) is 57.4 Å². The normalized spacial score (nSPS) is 10.7. The Labute approximate surface area is 199 Å². The maximum absolute atomic E-state index is 12.9. The first-order valence-corrected chi connectivity index (χ1v) is 11.4. The van der Waals surface area contributed by atoms with Crippen molar-refractivity contribution < 1.29 is 4.74 Å². The molecule has 1 heterocycles. The molecule has 0 fully saturated rings. The summed E-state index contributed by atoms with van der Waals surface area (Å²) in [5.74, 6) is 0.813. The summed E-state index contributed by atoms with van der Waals surface area (Å²) in [6, 6.07) is 25.8. The van der Waals surface area contributed by atoms with Crippen LogP contribution in [-0.2, 0) is 13.1 Å². The third-order valence-electron chi connectivity index (χ3n) is 5.45. The molecule has 0 amide bonds. The first kappa shape index (κ1) is 22.6. The molecule has 4 aromatic rings. The van der Waals surface area contributed by atoms with E-state index in [1.165, 1.54) is 0 Å². The molecule has 6 heteroatoms. The largest absolute Gasteiger partial charge is 0.494 e. The molecule has 2 N–H and O–H groups in total. The van der Waals surface area contributed by atoms with Gasteiger partial charge in [-0.2, -0.15) is 0 Å². The summed E-state index contributed by atoms with van der Waals surface area (Å²) in [4.78, 5) is 17.9. The number of para-hydroxylation sites is 1. The number of aryl methyl sites for hydroxylation is 1. The predicted molar refractivity (Wildman–Crippen MR) is 139 cm³/mol. The molecule has 168 valence electrons. The van der Waals surface area contributed by atoms with E-state index < -0.39 is 0 Å². The number of hydrogen-bond donors (Lipinski definition) is 2. The first-order chi connectivity index (χ1) is 16.0. The van der Waals surface area contributed by atoms with Gasteiger partial charge in [0.15, 0.2) is 5.11 Å². The lowest BCUT2D eigenvalue weighted by atomic mass is 10.1. The Bertz CT molecular complexity index is 1300. The molecule has 1 aromatic heterocycles. The number of aromatic amines is 1. The zero-order valence-corrected chi connectivity index (χ0v) is 19.6. The zero-order valence-electron chi connectivity index (χ0n) is 18.8. The predicted octanol–water partition coefficient (Wildman–Crippen LogP) is 5.63. The summed E-state index contributed by atoms with van der Waals surface area (Å²) in [7, 11) is 0. The van der Waals surface area contributed by atoms with Gasteiger partial charge in [-0.3, -0.25) is 4.79 Å². The lowest BCUT2D eigenvalue weighted by Crippen LogP contribution is -2.35. The van der Waals surface area contributed by atoms with Crippen molar-refractivity contribution >= 4 is 33.9 Å². The van der Waals surface area contributed by atoms with Gasteiger partial charge in [0.2, 0.25) is 0 Å². The molecule has 0 radical (unpaired) electrons. The Hall–Kier alpha value is -3.64. The molecule has 0 atom stereocenters. The highest BCUT2D eigenvalue weighted by atomic mass is 32.1. The van der Waals surface area contributed by atoms with E-state index in [0.29, 0.717) is 30.4 Å². The lowest BCUT2D eigenvalue weighted by Gasteiger charge is -2.26. The van der Waals surface area contributed by atoms with Crippen LogP contribution in [0.3, 0.4) is 0 Å². The number of aromatic nitrogens is 1. The van der Waals surface area contributed by atoms with Crippen molar-refractivity contribution in [3.63, 3.8) is 0 Å². The van der Waals surface area contributed by atoms with Crippen LogP contribution >= 0.6 is 12.2 Å². The van der Waals surface area contributed by atoms with Gasteiger partial charge in [0.25, 0.3) is 5.56 Å². The van der Waals surface area contributed by atoms with Crippen LogP contribution < -0.4 is 15.6 Å². The summed E-state index contributed by atoms with van der Waals surface area (Å²) in [6.45, 7) is 5.54. The summed E-state index contributed by atoms with van der Waals surface area (Å²) in [6.07, 6.45) is 0. The Balaban J connectivity index is 1.60. The van der Waals surface area contributed by atoms with Crippen molar-refractivity contribution in [2.45, 2.75) is 26.9 Å². The number of benzene rings is 3. The third kappa shape index (κ3) is 5.59. The Kier molecular flexibility index (Phi) is 7.05. The average molecular weight is 458 g/mol. The monoisotopic (exact) mass is 457 g/mol. The van der Waals surface area contributed by atoms with Crippen LogP contribution in [0.25, 0.3) is 10.9 Å². The second-order valence-corrected chi connectivity index (χ2v) is 8.28. The minimum Gasteiger partial charge on any atom is -0.494 e. The van der Waals surface area contributed by atoms with Gasteiger partial charge in [-0.1, -0.05) is 48.5 Å². The van der Waals surface area contributed by atoms with E-state index in [0.717, 1.165) is 33.5 Å². The molecule has 4 rings (SSSR count). The van der Waals surface area contributed by atoms with Crippen LogP contribution in [0.15, 0.2) is 83.7 Å². The van der Waals surface area contributed by atoms with Crippen LogP contribution in [0.1, 0.15) is 23.6 Å². The minimum absolute atomic E-state index is 0.0984. The molecule has 0 aliphatic rings. The van der Waals surface area contributed by atoms with Gasteiger partial charge in [-0.05, 0) is 72.9 Å². The van der Waals surface area contributed by atoms with Crippen LogP contribution in [0, 0.1) is 6.92 Å². The number of thiocarbonyl (C=S) groups is 1. The number of rotatable bonds is 7. The number of ether oxygens (including phenoxy) is 1. The SMILES string of the molecule is CCOc1ccc(NC(=S)N(Cc2ccccc2)Cc2cc3cccc(C)c3[nH]c2=O)cc1. The van der Waals surface area contributed by atoms with Gasteiger partial charge in [0.05, 0.1) is 18.7 Å². The zero-order chi connectivity index (χ0) is 23.2. The fraction of sp³-hybridized carbons (Fsp3) is 0.185. The first-order valence-electron chi connectivity index (χ1n) is 11.0. The highest BCUT2D eigenvalue weighted by Crippen LogP contribution is 2.19. The van der Waals surface area contributed by atoms with Gasteiger partial charge in [-0.15, -0.1) is 0 Å². The van der Waals surface area contributed by atoms with E-state index in [1.54, 1.807) is 0 Å². The minimum atomic E-state index is -0.0984. The number of fused-ring (bicyclic) bond motifs is 1. The van der Waals surface area contributed by atoms with Crippen molar-refractivity contribution in [3.05, 3.63) is 106 Å². The molecule has 0 aliphatic carbocycles. The molecule has 0 saturated carbocycles. The summed E-state index contributed by atoms with van der Waals surface area (Å²) in [5.41, 5.74) is 4.46. The summed E-state index contributed by atoms with van der Waals surface area (Å²) in [5, 5.41) is 4.86. The number of H-pyrrole nitrogens is 1. The molecule has 0 aliphatic heterocycles. The summed E-state index contributed by atoms with van der Waals surface area (Å²) >= 11 is 5.77. The number of anilines is 1. The standard InChI is InChI=1S/C27H27N3O2S/c1-3-32-24-14-12-23(13-15-24)28-27(33)30(17-20-9-5-4-6-10-20)18-22-16-21-11-7-8-19(2)25(21)29-26(22)31/h4-16H,3,17-18H2,1-2H3,(H,28,33)(H,29,31). The average Bonchev–Trinajstić information content (AvgIpc) is 2.82. The second-order valence-electron chi connectivity index (χ2n) is 7.89. The third-order valence-corrected chi connectivity index (χ3v) is 5.81. The van der Waals surface area contributed by atoms with Gasteiger partial charge >= 0.3 is 0 Å². The van der Waals surface area contributed by atoms with Crippen LogP contribution in [0.5, 0.6) is 5.75 Å². The van der Waals surface area contributed by atoms with Crippen molar-refractivity contribution in [3.8, 4) is 5.75 Å². The Morgan fingerprint density at radius 3 is 2.48 bits per heavy atom. The molecule has 0 bridgehead atoms. The molecular weight excluding hydrogens is 430 g/mol.